The van der Waals surface area contributed by atoms with Crippen LogP contribution in [-0.4, -0.2) is 4.98 Å². The molecule has 2 rings (SSSR count). The summed E-state index contributed by atoms with van der Waals surface area (Å²) in [6.07, 6.45) is 0. The second kappa shape index (κ2) is 4.98. The van der Waals surface area contributed by atoms with Gasteiger partial charge in [0.15, 0.2) is 0 Å². The van der Waals surface area contributed by atoms with Crippen LogP contribution in [0.15, 0.2) is 23.6 Å². The molecule has 1 aromatic heterocycles. The lowest BCUT2D eigenvalue weighted by Gasteiger charge is -2.07. The van der Waals surface area contributed by atoms with Gasteiger partial charge in [-0.25, -0.2) is 4.98 Å². The first-order valence-corrected chi connectivity index (χ1v) is 6.11. The first kappa shape index (κ1) is 11.6. The van der Waals surface area contributed by atoms with Gasteiger partial charge in [-0.2, -0.15) is 5.26 Å². The predicted octanol–water partition coefficient (Wildman–Crippen LogP) is 3.21. The van der Waals surface area contributed by atoms with Gasteiger partial charge in [-0.3, -0.25) is 0 Å². The van der Waals surface area contributed by atoms with E-state index < -0.39 is 0 Å². The molecule has 0 fully saturated rings. The fourth-order valence-corrected chi connectivity index (χ4v) is 2.12. The molecule has 3 nitrogen and oxygen atoms in total. The standard InChI is InChI=1S/C13H12N2OS/c1-9-3-4-11(6-14)5-12(9)16-7-13-15-10(2)8-17-13/h3-5,8H,7H2,1-2H3. The summed E-state index contributed by atoms with van der Waals surface area (Å²) in [7, 11) is 0. The molecule has 0 atom stereocenters. The van der Waals surface area contributed by atoms with Crippen molar-refractivity contribution in [1.82, 2.24) is 4.98 Å². The molecule has 1 heterocycles. The summed E-state index contributed by atoms with van der Waals surface area (Å²) >= 11 is 1.58. The van der Waals surface area contributed by atoms with Gasteiger partial charge >= 0.3 is 0 Å². The van der Waals surface area contributed by atoms with Crippen molar-refractivity contribution in [3.05, 3.63) is 45.4 Å². The van der Waals surface area contributed by atoms with Crippen molar-refractivity contribution in [2.75, 3.05) is 0 Å². The molecule has 0 aliphatic carbocycles. The second-order valence-electron chi connectivity index (χ2n) is 3.76. The molecule has 0 aliphatic heterocycles. The first-order chi connectivity index (χ1) is 8.19. The Balaban J connectivity index is 2.11. The van der Waals surface area contributed by atoms with Crippen molar-refractivity contribution in [2.24, 2.45) is 0 Å². The molecular formula is C13H12N2OS. The summed E-state index contributed by atoms with van der Waals surface area (Å²) in [6.45, 7) is 4.37. The highest BCUT2D eigenvalue weighted by molar-refractivity contribution is 7.09. The Bertz CT molecular complexity index is 569. The maximum absolute atomic E-state index is 8.83. The van der Waals surface area contributed by atoms with Crippen LogP contribution in [0.1, 0.15) is 21.8 Å². The van der Waals surface area contributed by atoms with Gasteiger partial charge in [-0.15, -0.1) is 11.3 Å². The Kier molecular flexibility index (Phi) is 3.40. The molecule has 2 aromatic rings. The van der Waals surface area contributed by atoms with Crippen LogP contribution >= 0.6 is 11.3 Å². The van der Waals surface area contributed by atoms with Gasteiger partial charge in [0.2, 0.25) is 0 Å². The van der Waals surface area contributed by atoms with Gasteiger partial charge < -0.3 is 4.74 Å². The fourth-order valence-electron chi connectivity index (χ4n) is 1.43. The zero-order valence-corrected chi connectivity index (χ0v) is 10.5. The summed E-state index contributed by atoms with van der Waals surface area (Å²) in [5, 5.41) is 11.8. The number of rotatable bonds is 3. The Morgan fingerprint density at radius 2 is 2.24 bits per heavy atom. The van der Waals surface area contributed by atoms with E-state index in [1.54, 1.807) is 23.5 Å². The molecule has 0 amide bonds. The maximum Gasteiger partial charge on any atom is 0.140 e. The number of aromatic nitrogens is 1. The summed E-state index contributed by atoms with van der Waals surface area (Å²) in [5.41, 5.74) is 2.65. The van der Waals surface area contributed by atoms with Crippen molar-refractivity contribution in [3.63, 3.8) is 0 Å². The number of nitriles is 1. The van der Waals surface area contributed by atoms with E-state index in [2.05, 4.69) is 11.1 Å². The molecular weight excluding hydrogens is 232 g/mol. The smallest absolute Gasteiger partial charge is 0.140 e. The predicted molar refractivity (Wildman–Crippen MR) is 67.1 cm³/mol. The molecule has 0 bridgehead atoms. The topological polar surface area (TPSA) is 45.9 Å². The van der Waals surface area contributed by atoms with Crippen LogP contribution in [0.2, 0.25) is 0 Å². The summed E-state index contributed by atoms with van der Waals surface area (Å²) < 4.78 is 5.68. The fraction of sp³-hybridized carbons (Fsp3) is 0.231. The molecule has 0 N–H and O–H groups in total. The first-order valence-electron chi connectivity index (χ1n) is 5.23. The molecule has 1 aromatic carbocycles. The van der Waals surface area contributed by atoms with E-state index >= 15 is 0 Å². The quantitative estimate of drug-likeness (QED) is 0.832. The monoisotopic (exact) mass is 244 g/mol. The minimum Gasteiger partial charge on any atom is -0.486 e. The van der Waals surface area contributed by atoms with Crippen LogP contribution in [0.25, 0.3) is 0 Å². The number of thiazole rings is 1. The van der Waals surface area contributed by atoms with Crippen LogP contribution in [0.3, 0.4) is 0 Å². The van der Waals surface area contributed by atoms with Gasteiger partial charge in [0.1, 0.15) is 17.4 Å². The normalized spacial score (nSPS) is 9.94. The van der Waals surface area contributed by atoms with E-state index in [1.165, 1.54) is 0 Å². The van der Waals surface area contributed by atoms with E-state index in [-0.39, 0.29) is 0 Å². The van der Waals surface area contributed by atoms with Crippen LogP contribution in [0, 0.1) is 25.2 Å². The zero-order valence-electron chi connectivity index (χ0n) is 9.73. The van der Waals surface area contributed by atoms with E-state index in [4.69, 9.17) is 10.00 Å². The lowest BCUT2D eigenvalue weighted by molar-refractivity contribution is 0.303. The SMILES string of the molecule is Cc1csc(COc2cc(C#N)ccc2C)n1. The van der Waals surface area contributed by atoms with Crippen LogP contribution < -0.4 is 4.74 Å². The van der Waals surface area contributed by atoms with Gasteiger partial charge in [-0.1, -0.05) is 6.07 Å². The molecule has 4 heteroatoms. The Hall–Kier alpha value is -1.86. The zero-order chi connectivity index (χ0) is 12.3. The molecule has 0 spiro atoms. The summed E-state index contributed by atoms with van der Waals surface area (Å²) in [5.74, 6) is 0.747. The van der Waals surface area contributed by atoms with E-state index in [1.807, 2.05) is 25.3 Å². The number of benzene rings is 1. The van der Waals surface area contributed by atoms with Crippen molar-refractivity contribution in [2.45, 2.75) is 20.5 Å². The van der Waals surface area contributed by atoms with Crippen molar-refractivity contribution < 1.29 is 4.74 Å². The molecule has 0 saturated carbocycles. The van der Waals surface area contributed by atoms with Gasteiger partial charge in [0, 0.05) is 11.1 Å². The average Bonchev–Trinajstić information content (AvgIpc) is 2.74. The highest BCUT2D eigenvalue weighted by atomic mass is 32.1. The van der Waals surface area contributed by atoms with E-state index in [9.17, 15) is 0 Å². The molecule has 0 radical (unpaired) electrons. The molecule has 0 unspecified atom stereocenters. The van der Waals surface area contributed by atoms with Gasteiger partial charge in [-0.05, 0) is 31.5 Å². The third kappa shape index (κ3) is 2.83. The molecule has 0 saturated heterocycles. The number of hydrogen-bond acceptors (Lipinski definition) is 4. The highest BCUT2D eigenvalue weighted by Crippen LogP contribution is 2.21. The largest absolute Gasteiger partial charge is 0.486 e. The maximum atomic E-state index is 8.83. The summed E-state index contributed by atoms with van der Waals surface area (Å²) in [6, 6.07) is 7.54. The van der Waals surface area contributed by atoms with Crippen LogP contribution in [0.4, 0.5) is 0 Å². The van der Waals surface area contributed by atoms with Crippen molar-refractivity contribution in [3.8, 4) is 11.8 Å². The second-order valence-corrected chi connectivity index (χ2v) is 4.71. The van der Waals surface area contributed by atoms with Crippen molar-refractivity contribution >= 4 is 11.3 Å². The molecule has 17 heavy (non-hydrogen) atoms. The highest BCUT2D eigenvalue weighted by Gasteiger charge is 2.04. The van der Waals surface area contributed by atoms with Gasteiger partial charge in [0.05, 0.1) is 11.6 Å². The lowest BCUT2D eigenvalue weighted by Crippen LogP contribution is -1.97. The summed E-state index contributed by atoms with van der Waals surface area (Å²) in [4.78, 5) is 4.33. The van der Waals surface area contributed by atoms with Crippen LogP contribution in [0.5, 0.6) is 5.75 Å². The number of ether oxygens (including phenoxy) is 1. The Morgan fingerprint density at radius 3 is 2.88 bits per heavy atom. The minimum absolute atomic E-state index is 0.453. The van der Waals surface area contributed by atoms with Gasteiger partial charge in [0.25, 0.3) is 0 Å². The lowest BCUT2D eigenvalue weighted by atomic mass is 10.1. The third-order valence-corrected chi connectivity index (χ3v) is 3.28. The number of hydrogen-bond donors (Lipinski definition) is 0. The Morgan fingerprint density at radius 1 is 1.41 bits per heavy atom. The number of nitrogens with zero attached hydrogens (tertiary/aromatic N) is 2. The average molecular weight is 244 g/mol. The molecule has 0 aliphatic rings. The van der Waals surface area contributed by atoms with E-state index in [0.29, 0.717) is 12.2 Å². The third-order valence-electron chi connectivity index (χ3n) is 2.33. The minimum atomic E-state index is 0.453. The van der Waals surface area contributed by atoms with E-state index in [0.717, 1.165) is 22.0 Å². The number of aryl methyl sites for hydroxylation is 2. The Labute approximate surface area is 104 Å². The van der Waals surface area contributed by atoms with Crippen molar-refractivity contribution in [1.29, 1.82) is 5.26 Å². The molecule has 86 valence electrons. The van der Waals surface area contributed by atoms with Crippen LogP contribution in [-0.2, 0) is 6.61 Å².